The van der Waals surface area contributed by atoms with Gasteiger partial charge in [-0.15, -0.1) is 0 Å². The molecule has 0 saturated carbocycles. The highest BCUT2D eigenvalue weighted by Crippen LogP contribution is 2.21. The summed E-state index contributed by atoms with van der Waals surface area (Å²) in [5.74, 6) is 1.12. The van der Waals surface area contributed by atoms with E-state index in [9.17, 15) is 4.39 Å². The number of aryl methyl sites for hydroxylation is 2. The Morgan fingerprint density at radius 2 is 1.82 bits per heavy atom. The van der Waals surface area contributed by atoms with Crippen molar-refractivity contribution in [1.82, 2.24) is 15.0 Å². The predicted molar refractivity (Wildman–Crippen MR) is 84.8 cm³/mol. The van der Waals surface area contributed by atoms with Gasteiger partial charge in [-0.25, -0.2) is 19.3 Å². The second kappa shape index (κ2) is 6.25. The summed E-state index contributed by atoms with van der Waals surface area (Å²) in [6, 6.07) is 4.07. The average Bonchev–Trinajstić information content (AvgIpc) is 2.55. The highest BCUT2D eigenvalue weighted by molar-refractivity contribution is 5.46. The third-order valence-electron chi connectivity index (χ3n) is 3.98. The number of anilines is 2. The van der Waals surface area contributed by atoms with Gasteiger partial charge in [0.25, 0.3) is 0 Å². The van der Waals surface area contributed by atoms with Crippen molar-refractivity contribution in [1.29, 1.82) is 0 Å². The van der Waals surface area contributed by atoms with Crippen LogP contribution in [0.5, 0.6) is 0 Å². The third kappa shape index (κ3) is 2.86. The van der Waals surface area contributed by atoms with Gasteiger partial charge in [0.1, 0.15) is 12.1 Å². The topological polar surface area (TPSA) is 45.2 Å². The zero-order valence-corrected chi connectivity index (χ0v) is 13.0. The van der Waals surface area contributed by atoms with Gasteiger partial charge in [0.15, 0.2) is 11.6 Å². The second-order valence-corrected chi connectivity index (χ2v) is 5.48. The molecule has 1 aliphatic heterocycles. The largest absolute Gasteiger partial charge is 0.353 e. The molecular weight excluding hydrogens is 281 g/mol. The van der Waals surface area contributed by atoms with Crippen LogP contribution in [0, 0.1) is 12.7 Å². The average molecular weight is 301 g/mol. The Labute approximate surface area is 129 Å². The molecule has 0 N–H and O–H groups in total. The first-order chi connectivity index (χ1) is 10.7. The van der Waals surface area contributed by atoms with Gasteiger partial charge < -0.3 is 9.80 Å². The van der Waals surface area contributed by atoms with E-state index in [-0.39, 0.29) is 5.82 Å². The van der Waals surface area contributed by atoms with Crippen LogP contribution < -0.4 is 9.80 Å². The van der Waals surface area contributed by atoms with Crippen LogP contribution in [0.25, 0.3) is 0 Å². The van der Waals surface area contributed by atoms with Crippen LogP contribution in [-0.4, -0.2) is 41.1 Å². The van der Waals surface area contributed by atoms with Gasteiger partial charge in [0, 0.05) is 32.4 Å². The van der Waals surface area contributed by atoms with Crippen molar-refractivity contribution < 1.29 is 4.39 Å². The second-order valence-electron chi connectivity index (χ2n) is 5.48. The fraction of sp³-hybridized carbons (Fsp3) is 0.438. The van der Waals surface area contributed by atoms with Crippen LogP contribution >= 0.6 is 0 Å². The molecular formula is C16H20FN5. The molecule has 1 saturated heterocycles. The van der Waals surface area contributed by atoms with Crippen LogP contribution in [0.4, 0.5) is 16.0 Å². The van der Waals surface area contributed by atoms with Crippen LogP contribution in [0.3, 0.4) is 0 Å². The summed E-state index contributed by atoms with van der Waals surface area (Å²) in [5, 5.41) is 0. The lowest BCUT2D eigenvalue weighted by Gasteiger charge is -2.36. The summed E-state index contributed by atoms with van der Waals surface area (Å²) >= 11 is 0. The lowest BCUT2D eigenvalue weighted by molar-refractivity contribution is 0.568. The van der Waals surface area contributed by atoms with Crippen molar-refractivity contribution in [2.45, 2.75) is 20.3 Å². The Morgan fingerprint density at radius 3 is 2.50 bits per heavy atom. The minimum absolute atomic E-state index is 0.285. The van der Waals surface area contributed by atoms with Crippen molar-refractivity contribution in [2.75, 3.05) is 36.0 Å². The van der Waals surface area contributed by atoms with Crippen molar-refractivity contribution in [3.05, 3.63) is 41.7 Å². The Balaban J connectivity index is 1.72. The van der Waals surface area contributed by atoms with Crippen molar-refractivity contribution in [2.24, 2.45) is 0 Å². The summed E-state index contributed by atoms with van der Waals surface area (Å²) in [6.45, 7) is 7.03. The molecule has 0 radical (unpaired) electrons. The number of halogens is 1. The van der Waals surface area contributed by atoms with Crippen LogP contribution in [0.1, 0.15) is 18.2 Å². The maximum Gasteiger partial charge on any atom is 0.187 e. The van der Waals surface area contributed by atoms with Crippen LogP contribution in [-0.2, 0) is 6.42 Å². The first-order valence-corrected chi connectivity index (χ1v) is 7.61. The molecule has 116 valence electrons. The van der Waals surface area contributed by atoms with Gasteiger partial charge in [0.2, 0.25) is 0 Å². The number of rotatable bonds is 3. The lowest BCUT2D eigenvalue weighted by atomic mass is 10.2. The zero-order chi connectivity index (χ0) is 15.5. The molecule has 3 rings (SSSR count). The van der Waals surface area contributed by atoms with Crippen molar-refractivity contribution >= 4 is 11.6 Å². The first kappa shape index (κ1) is 14.7. The number of hydrogen-bond acceptors (Lipinski definition) is 5. The molecule has 6 heteroatoms. The Morgan fingerprint density at radius 1 is 1.09 bits per heavy atom. The summed E-state index contributed by atoms with van der Waals surface area (Å²) in [5.41, 5.74) is 1.68. The summed E-state index contributed by atoms with van der Waals surface area (Å²) in [7, 11) is 0. The van der Waals surface area contributed by atoms with Gasteiger partial charge in [-0.05, 0) is 31.0 Å². The Kier molecular flexibility index (Phi) is 4.18. The standard InChI is InChI=1S/C16H20FN5/c1-3-13-15(17)16(20-11-19-13)22-8-6-21(7-9-22)14-10-12(2)4-5-18-14/h4-5,10-11H,3,6-9H2,1-2H3. The Bertz CT molecular complexity index is 653. The third-order valence-corrected chi connectivity index (χ3v) is 3.98. The minimum atomic E-state index is -0.285. The molecule has 5 nitrogen and oxygen atoms in total. The summed E-state index contributed by atoms with van der Waals surface area (Å²) in [4.78, 5) is 16.7. The van der Waals surface area contributed by atoms with Crippen LogP contribution in [0.15, 0.2) is 24.7 Å². The number of pyridine rings is 1. The summed E-state index contributed by atoms with van der Waals surface area (Å²) in [6.07, 6.45) is 3.86. The van der Waals surface area contributed by atoms with Crippen molar-refractivity contribution in [3.8, 4) is 0 Å². The highest BCUT2D eigenvalue weighted by atomic mass is 19.1. The van der Waals surface area contributed by atoms with E-state index in [2.05, 4.69) is 32.8 Å². The minimum Gasteiger partial charge on any atom is -0.353 e. The molecule has 22 heavy (non-hydrogen) atoms. The van der Waals surface area contributed by atoms with E-state index in [1.165, 1.54) is 11.9 Å². The van der Waals surface area contributed by atoms with E-state index in [1.807, 2.05) is 24.1 Å². The van der Waals surface area contributed by atoms with E-state index < -0.39 is 0 Å². The molecule has 3 heterocycles. The number of piperazine rings is 1. The monoisotopic (exact) mass is 301 g/mol. The summed E-state index contributed by atoms with van der Waals surface area (Å²) < 4.78 is 14.3. The maximum absolute atomic E-state index is 14.3. The number of nitrogens with zero attached hydrogens (tertiary/aromatic N) is 5. The molecule has 0 spiro atoms. The Hall–Kier alpha value is -2.24. The quantitative estimate of drug-likeness (QED) is 0.870. The number of aromatic nitrogens is 3. The van der Waals surface area contributed by atoms with Gasteiger partial charge in [-0.1, -0.05) is 6.92 Å². The maximum atomic E-state index is 14.3. The van der Waals surface area contributed by atoms with Crippen LogP contribution in [0.2, 0.25) is 0 Å². The molecule has 0 amide bonds. The smallest absolute Gasteiger partial charge is 0.187 e. The van der Waals surface area contributed by atoms with E-state index in [0.29, 0.717) is 17.9 Å². The van der Waals surface area contributed by atoms with E-state index in [4.69, 9.17) is 0 Å². The fourth-order valence-electron chi connectivity index (χ4n) is 2.70. The molecule has 0 aliphatic carbocycles. The SMILES string of the molecule is CCc1ncnc(N2CCN(c3cc(C)ccn3)CC2)c1F. The fourth-order valence-corrected chi connectivity index (χ4v) is 2.70. The van der Waals surface area contributed by atoms with E-state index in [1.54, 1.807) is 0 Å². The number of hydrogen-bond donors (Lipinski definition) is 0. The molecule has 1 fully saturated rings. The molecule has 0 aromatic carbocycles. The lowest BCUT2D eigenvalue weighted by Crippen LogP contribution is -2.47. The molecule has 2 aromatic heterocycles. The highest BCUT2D eigenvalue weighted by Gasteiger charge is 2.22. The normalized spacial score (nSPS) is 15.2. The van der Waals surface area contributed by atoms with Crippen molar-refractivity contribution in [3.63, 3.8) is 0 Å². The predicted octanol–water partition coefficient (Wildman–Crippen LogP) is 2.21. The van der Waals surface area contributed by atoms with E-state index in [0.717, 1.165) is 32.0 Å². The zero-order valence-electron chi connectivity index (χ0n) is 13.0. The van der Waals surface area contributed by atoms with Gasteiger partial charge in [-0.2, -0.15) is 0 Å². The molecule has 2 aromatic rings. The van der Waals surface area contributed by atoms with Gasteiger partial charge >= 0.3 is 0 Å². The molecule has 0 atom stereocenters. The molecule has 0 bridgehead atoms. The first-order valence-electron chi connectivity index (χ1n) is 7.61. The van der Waals surface area contributed by atoms with Gasteiger partial charge in [0.05, 0.1) is 5.69 Å². The van der Waals surface area contributed by atoms with Gasteiger partial charge in [-0.3, -0.25) is 0 Å². The molecule has 0 unspecified atom stereocenters. The molecule has 1 aliphatic rings. The van der Waals surface area contributed by atoms with E-state index >= 15 is 0 Å².